The van der Waals surface area contributed by atoms with E-state index >= 15 is 0 Å². The lowest BCUT2D eigenvalue weighted by Gasteiger charge is -2.33. The van der Waals surface area contributed by atoms with E-state index in [0.29, 0.717) is 11.8 Å². The summed E-state index contributed by atoms with van der Waals surface area (Å²) in [5, 5.41) is 0. The summed E-state index contributed by atoms with van der Waals surface area (Å²) in [6.07, 6.45) is 11.4. The molecule has 2 aromatic heterocycles. The molecule has 0 aromatic carbocycles. The van der Waals surface area contributed by atoms with Crippen LogP contribution in [0, 0.1) is 12.8 Å². The molecular weight excluding hydrogens is 312 g/mol. The van der Waals surface area contributed by atoms with Crippen LogP contribution in [0.3, 0.4) is 0 Å². The lowest BCUT2D eigenvalue weighted by Crippen LogP contribution is -2.39. The van der Waals surface area contributed by atoms with Gasteiger partial charge < -0.3 is 9.47 Å². The Balaban J connectivity index is 1.37. The van der Waals surface area contributed by atoms with Crippen molar-refractivity contribution in [2.24, 2.45) is 5.92 Å². The Morgan fingerprint density at radius 2 is 1.88 bits per heavy atom. The third-order valence-electron chi connectivity index (χ3n) is 5.83. The van der Waals surface area contributed by atoms with Crippen LogP contribution >= 0.6 is 0 Å². The van der Waals surface area contributed by atoms with Crippen LogP contribution < -0.4 is 0 Å². The number of nitrogens with zero attached hydrogens (tertiary/aromatic N) is 4. The second kappa shape index (κ2) is 6.98. The first-order valence-electron chi connectivity index (χ1n) is 9.43. The molecule has 2 fully saturated rings. The normalized spacial score (nSPS) is 19.0. The number of likely N-dealkylation sites (tertiary alicyclic amines) is 1. The second-order valence-corrected chi connectivity index (χ2v) is 7.47. The quantitative estimate of drug-likeness (QED) is 0.858. The van der Waals surface area contributed by atoms with Crippen LogP contribution in [0.15, 0.2) is 30.7 Å². The van der Waals surface area contributed by atoms with Gasteiger partial charge >= 0.3 is 0 Å². The Labute approximate surface area is 149 Å². The summed E-state index contributed by atoms with van der Waals surface area (Å²) in [5.74, 6) is 2.73. The molecule has 1 saturated heterocycles. The van der Waals surface area contributed by atoms with Crippen LogP contribution in [0.5, 0.6) is 0 Å². The molecule has 0 N–H and O–H groups in total. The van der Waals surface area contributed by atoms with E-state index in [4.69, 9.17) is 0 Å². The summed E-state index contributed by atoms with van der Waals surface area (Å²) in [6, 6.07) is 3.60. The standard InChI is InChI=1S/C20H26N4O/c1-15-13-22-19(17-3-2-4-17)24(15)14-16-7-11-23(12-8-16)20(25)18-5-9-21-10-6-18/h5-6,9-10,13,16-17H,2-4,7-8,11-12,14H2,1H3. The molecule has 1 saturated carbocycles. The van der Waals surface area contributed by atoms with E-state index in [2.05, 4.69) is 21.5 Å². The maximum atomic E-state index is 12.6. The molecule has 0 unspecified atom stereocenters. The monoisotopic (exact) mass is 338 g/mol. The van der Waals surface area contributed by atoms with Crippen molar-refractivity contribution < 1.29 is 4.79 Å². The van der Waals surface area contributed by atoms with Crippen LogP contribution in [0.1, 0.15) is 59.9 Å². The smallest absolute Gasteiger partial charge is 0.253 e. The first-order valence-corrected chi connectivity index (χ1v) is 9.43. The minimum atomic E-state index is 0.134. The van der Waals surface area contributed by atoms with Gasteiger partial charge in [0.2, 0.25) is 0 Å². The van der Waals surface area contributed by atoms with Crippen molar-refractivity contribution in [3.63, 3.8) is 0 Å². The number of rotatable bonds is 4. The summed E-state index contributed by atoms with van der Waals surface area (Å²) < 4.78 is 2.44. The summed E-state index contributed by atoms with van der Waals surface area (Å²) >= 11 is 0. The van der Waals surface area contributed by atoms with Crippen LogP contribution in [0.25, 0.3) is 0 Å². The molecule has 3 heterocycles. The number of amides is 1. The maximum Gasteiger partial charge on any atom is 0.253 e. The van der Waals surface area contributed by atoms with Crippen LogP contribution in [0.2, 0.25) is 0 Å². The molecule has 0 radical (unpaired) electrons. The molecule has 1 amide bonds. The van der Waals surface area contributed by atoms with Crippen molar-refractivity contribution in [2.45, 2.75) is 51.5 Å². The SMILES string of the molecule is Cc1cnc(C2CCC2)n1CC1CCN(C(=O)c2ccncc2)CC1. The molecule has 2 aliphatic rings. The zero-order chi connectivity index (χ0) is 17.2. The summed E-state index contributed by atoms with van der Waals surface area (Å²) in [6.45, 7) is 4.91. The van der Waals surface area contributed by atoms with Gasteiger partial charge in [-0.3, -0.25) is 9.78 Å². The fourth-order valence-corrected chi connectivity index (χ4v) is 3.96. The highest BCUT2D eigenvalue weighted by atomic mass is 16.2. The van der Waals surface area contributed by atoms with Crippen molar-refractivity contribution in [3.8, 4) is 0 Å². The fraction of sp³-hybridized carbons (Fsp3) is 0.550. The van der Waals surface area contributed by atoms with Gasteiger partial charge in [0, 0.05) is 55.4 Å². The molecule has 1 aliphatic heterocycles. The van der Waals surface area contributed by atoms with Gasteiger partial charge in [0.05, 0.1) is 0 Å². The van der Waals surface area contributed by atoms with Crippen molar-refractivity contribution in [3.05, 3.63) is 47.8 Å². The molecule has 5 heteroatoms. The number of aromatic nitrogens is 3. The van der Waals surface area contributed by atoms with Crippen molar-refractivity contribution in [2.75, 3.05) is 13.1 Å². The lowest BCUT2D eigenvalue weighted by molar-refractivity contribution is 0.0681. The molecule has 0 bridgehead atoms. The Bertz CT molecular complexity index is 727. The minimum Gasteiger partial charge on any atom is -0.339 e. The Morgan fingerprint density at radius 3 is 2.52 bits per heavy atom. The zero-order valence-corrected chi connectivity index (χ0v) is 14.9. The summed E-state index contributed by atoms with van der Waals surface area (Å²) in [5.41, 5.74) is 2.02. The number of pyridine rings is 1. The topological polar surface area (TPSA) is 51.0 Å². The van der Waals surface area contributed by atoms with Gasteiger partial charge in [0.1, 0.15) is 5.82 Å². The molecule has 2 aromatic rings. The van der Waals surface area contributed by atoms with Crippen LogP contribution in [-0.4, -0.2) is 38.4 Å². The lowest BCUT2D eigenvalue weighted by atomic mass is 9.84. The van der Waals surface area contributed by atoms with E-state index in [1.54, 1.807) is 24.5 Å². The van der Waals surface area contributed by atoms with Crippen molar-refractivity contribution in [1.82, 2.24) is 19.4 Å². The van der Waals surface area contributed by atoms with E-state index in [1.165, 1.54) is 30.8 Å². The average molecular weight is 338 g/mol. The molecule has 5 nitrogen and oxygen atoms in total. The third kappa shape index (κ3) is 3.32. The van der Waals surface area contributed by atoms with Gasteiger partial charge in [0.15, 0.2) is 0 Å². The van der Waals surface area contributed by atoms with Crippen molar-refractivity contribution in [1.29, 1.82) is 0 Å². The Hall–Kier alpha value is -2.17. The van der Waals surface area contributed by atoms with Gasteiger partial charge in [-0.25, -0.2) is 4.98 Å². The highest BCUT2D eigenvalue weighted by Gasteiger charge is 2.28. The zero-order valence-electron chi connectivity index (χ0n) is 14.9. The molecule has 25 heavy (non-hydrogen) atoms. The van der Waals surface area contributed by atoms with E-state index < -0.39 is 0 Å². The number of imidazole rings is 1. The van der Waals surface area contributed by atoms with E-state index in [9.17, 15) is 4.79 Å². The highest BCUT2D eigenvalue weighted by molar-refractivity contribution is 5.94. The van der Waals surface area contributed by atoms with Gasteiger partial charge in [-0.05, 0) is 50.7 Å². The average Bonchev–Trinajstić information content (AvgIpc) is 2.95. The largest absolute Gasteiger partial charge is 0.339 e. The van der Waals surface area contributed by atoms with Crippen LogP contribution in [-0.2, 0) is 6.54 Å². The first-order chi connectivity index (χ1) is 12.2. The predicted molar refractivity (Wildman–Crippen MR) is 96.4 cm³/mol. The number of carbonyl (C=O) groups is 1. The third-order valence-corrected chi connectivity index (χ3v) is 5.83. The first kappa shape index (κ1) is 16.3. The molecular formula is C20H26N4O. The van der Waals surface area contributed by atoms with Gasteiger partial charge in [-0.2, -0.15) is 0 Å². The second-order valence-electron chi connectivity index (χ2n) is 7.47. The maximum absolute atomic E-state index is 12.6. The minimum absolute atomic E-state index is 0.134. The number of hydrogen-bond acceptors (Lipinski definition) is 3. The Kier molecular flexibility index (Phi) is 4.55. The van der Waals surface area contributed by atoms with E-state index in [0.717, 1.165) is 38.0 Å². The van der Waals surface area contributed by atoms with Gasteiger partial charge in [-0.15, -0.1) is 0 Å². The van der Waals surface area contributed by atoms with E-state index in [1.807, 2.05) is 11.1 Å². The molecule has 132 valence electrons. The van der Waals surface area contributed by atoms with Crippen molar-refractivity contribution >= 4 is 5.91 Å². The predicted octanol–water partition coefficient (Wildman–Crippen LogP) is 3.41. The van der Waals surface area contributed by atoms with Gasteiger partial charge in [0.25, 0.3) is 5.91 Å². The fourth-order valence-electron chi connectivity index (χ4n) is 3.96. The number of hydrogen-bond donors (Lipinski definition) is 0. The van der Waals surface area contributed by atoms with E-state index in [-0.39, 0.29) is 5.91 Å². The number of piperidine rings is 1. The van der Waals surface area contributed by atoms with Gasteiger partial charge in [-0.1, -0.05) is 6.42 Å². The van der Waals surface area contributed by atoms with Crippen LogP contribution in [0.4, 0.5) is 0 Å². The molecule has 0 atom stereocenters. The summed E-state index contributed by atoms with van der Waals surface area (Å²) in [4.78, 5) is 23.2. The number of carbonyl (C=O) groups excluding carboxylic acids is 1. The summed E-state index contributed by atoms with van der Waals surface area (Å²) in [7, 11) is 0. The molecule has 0 spiro atoms. The number of aryl methyl sites for hydroxylation is 1. The molecule has 4 rings (SSSR count). The molecule has 1 aliphatic carbocycles. The Morgan fingerprint density at radius 1 is 1.16 bits per heavy atom. The highest BCUT2D eigenvalue weighted by Crippen LogP contribution is 2.36.